The van der Waals surface area contributed by atoms with E-state index in [0.29, 0.717) is 76.9 Å². The summed E-state index contributed by atoms with van der Waals surface area (Å²) in [5.74, 6) is 1.98. The third kappa shape index (κ3) is 5.74. The molecule has 56 heavy (non-hydrogen) atoms. The number of carbonyl (C=O) groups excluding carboxylic acids is 1. The average Bonchev–Trinajstić information content (AvgIpc) is 3.62. The first-order valence-electron chi connectivity index (χ1n) is 18.9. The number of amides is 1. The summed E-state index contributed by atoms with van der Waals surface area (Å²) in [7, 11) is 8.15. The van der Waals surface area contributed by atoms with E-state index in [1.807, 2.05) is 33.0 Å². The van der Waals surface area contributed by atoms with Crippen LogP contribution < -0.4 is 29.0 Å². The molecule has 14 nitrogen and oxygen atoms in total. The first-order valence-corrected chi connectivity index (χ1v) is 18.9. The van der Waals surface area contributed by atoms with Gasteiger partial charge in [0, 0.05) is 76.3 Å². The van der Waals surface area contributed by atoms with Gasteiger partial charge in [-0.25, -0.2) is 0 Å². The maximum absolute atomic E-state index is 14.0. The molecule has 1 amide bonds. The average molecular weight is 769 g/mol. The molecule has 5 atom stereocenters. The summed E-state index contributed by atoms with van der Waals surface area (Å²) in [5, 5.41) is 38.7. The summed E-state index contributed by atoms with van der Waals surface area (Å²) in [4.78, 5) is 18.2. The van der Waals surface area contributed by atoms with Gasteiger partial charge in [0.05, 0.1) is 59.8 Å². The highest BCUT2D eigenvalue weighted by molar-refractivity contribution is 5.96. The summed E-state index contributed by atoms with van der Waals surface area (Å²) < 4.78 is 41.1. The first-order chi connectivity index (χ1) is 27.1. The highest BCUT2D eigenvalue weighted by Gasteiger charge is 2.57. The van der Waals surface area contributed by atoms with Crippen LogP contribution in [0.1, 0.15) is 68.9 Å². The Morgan fingerprint density at radius 2 is 1.50 bits per heavy atom. The van der Waals surface area contributed by atoms with Crippen LogP contribution in [0.3, 0.4) is 0 Å². The zero-order valence-electron chi connectivity index (χ0n) is 32.7. The topological polar surface area (TPSA) is 168 Å². The molecular formula is C42H48N4O10. The van der Waals surface area contributed by atoms with Crippen molar-refractivity contribution < 1.29 is 47.8 Å². The SMILES string of the molecule is COc1c(C)c(OC)c2c(c1O)[C@@H]1[C@@H]3Cc4c(OC)c(C)c(OC)c(O)c4[C@H](CNC(=O)c4cc5ccc(OC6CCOCC6)cc5o4)N3[C@@H](C#N)[C@H](C2)N1C. The Bertz CT molecular complexity index is 2240. The zero-order chi connectivity index (χ0) is 39.6. The largest absolute Gasteiger partial charge is 0.504 e. The summed E-state index contributed by atoms with van der Waals surface area (Å²) in [5.41, 5.74) is 4.54. The van der Waals surface area contributed by atoms with Crippen LogP contribution in [0.25, 0.3) is 11.0 Å². The number of likely N-dealkylation sites (N-methyl/N-ethyl adjacent to an activating group) is 1. The van der Waals surface area contributed by atoms with E-state index in [1.54, 1.807) is 26.4 Å². The molecular weight excluding hydrogens is 720 g/mol. The third-order valence-electron chi connectivity index (χ3n) is 12.3. The van der Waals surface area contributed by atoms with Gasteiger partial charge in [0.2, 0.25) is 0 Å². The van der Waals surface area contributed by atoms with E-state index in [0.717, 1.165) is 29.4 Å². The van der Waals surface area contributed by atoms with Gasteiger partial charge in [-0.2, -0.15) is 5.26 Å². The number of furan rings is 1. The van der Waals surface area contributed by atoms with Gasteiger partial charge in [-0.05, 0) is 51.9 Å². The Hall–Kier alpha value is -5.36. The molecule has 3 aromatic carbocycles. The normalized spacial score (nSPS) is 23.4. The number of aromatic hydroxyl groups is 2. The highest BCUT2D eigenvalue weighted by Crippen LogP contribution is 2.58. The fourth-order valence-electron chi connectivity index (χ4n) is 9.87. The van der Waals surface area contributed by atoms with Crippen LogP contribution in [0.15, 0.2) is 28.7 Å². The summed E-state index contributed by atoms with van der Waals surface area (Å²) in [6, 6.07) is 7.18. The lowest BCUT2D eigenvalue weighted by Gasteiger charge is -2.60. The Morgan fingerprint density at radius 3 is 2.12 bits per heavy atom. The predicted octanol–water partition coefficient (Wildman–Crippen LogP) is 5.25. The van der Waals surface area contributed by atoms with Crippen LogP contribution in [0.4, 0.5) is 0 Å². The number of rotatable bonds is 9. The Labute approximate surface area is 325 Å². The van der Waals surface area contributed by atoms with Crippen LogP contribution in [-0.2, 0) is 17.6 Å². The molecule has 5 heterocycles. The van der Waals surface area contributed by atoms with Crippen molar-refractivity contribution >= 4 is 16.9 Å². The zero-order valence-corrected chi connectivity index (χ0v) is 32.7. The Kier molecular flexibility index (Phi) is 9.80. The quantitative estimate of drug-likeness (QED) is 0.202. The smallest absolute Gasteiger partial charge is 0.287 e. The second kappa shape index (κ2) is 14.6. The van der Waals surface area contributed by atoms with Crippen molar-refractivity contribution in [2.45, 2.75) is 75.8 Å². The molecule has 2 saturated heterocycles. The third-order valence-corrected chi connectivity index (χ3v) is 12.3. The second-order valence-corrected chi connectivity index (χ2v) is 15.0. The molecule has 0 spiro atoms. The molecule has 8 rings (SSSR count). The fraction of sp³-hybridized carbons (Fsp3) is 0.476. The van der Waals surface area contributed by atoms with Gasteiger partial charge >= 0.3 is 0 Å². The van der Waals surface area contributed by atoms with Crippen LogP contribution >= 0.6 is 0 Å². The Morgan fingerprint density at radius 1 is 0.893 bits per heavy atom. The number of hydrogen-bond acceptors (Lipinski definition) is 13. The number of carbonyl (C=O) groups is 1. The van der Waals surface area contributed by atoms with Gasteiger partial charge in [0.1, 0.15) is 35.0 Å². The molecule has 2 fully saturated rings. The summed E-state index contributed by atoms with van der Waals surface area (Å²) >= 11 is 0. The molecule has 4 aromatic rings. The number of phenols is 2. The molecule has 1 aromatic heterocycles. The standard InChI is InChI=1S/C42H48N4O10/c1-20-38(50-4)25-17-28-35-34-26(39(51-5)21(2)41(53-7)37(34)48)16-27(45(35)3)29(18-43)46(28)30(33(25)36(47)40(20)52-6)19-44-42(49)32-14-22-8-9-24(15-31(22)56-32)55-23-10-12-54-13-11-23/h8-9,14-15,23,27-30,35,47-48H,10-13,16-17,19H2,1-7H3,(H,44,49)/t27-,28-,29-,30-,35-/m0/s1. The van der Waals surface area contributed by atoms with Gasteiger partial charge in [-0.1, -0.05) is 0 Å². The van der Waals surface area contributed by atoms with Crippen molar-refractivity contribution in [2.24, 2.45) is 0 Å². The highest BCUT2D eigenvalue weighted by atomic mass is 16.5. The lowest BCUT2D eigenvalue weighted by atomic mass is 9.71. The minimum Gasteiger partial charge on any atom is -0.504 e. The van der Waals surface area contributed by atoms with Gasteiger partial charge in [0.25, 0.3) is 5.91 Å². The molecule has 0 saturated carbocycles. The number of nitrogens with one attached hydrogen (secondary N) is 1. The van der Waals surface area contributed by atoms with E-state index >= 15 is 0 Å². The maximum Gasteiger partial charge on any atom is 0.287 e. The first kappa shape index (κ1) is 37.6. The molecule has 0 unspecified atom stereocenters. The van der Waals surface area contributed by atoms with E-state index in [4.69, 9.17) is 32.8 Å². The molecule has 3 N–H and O–H groups in total. The van der Waals surface area contributed by atoms with Crippen LogP contribution in [0.2, 0.25) is 0 Å². The number of piperazine rings is 1. The lowest BCUT2D eigenvalue weighted by molar-refractivity contribution is -0.0725. The van der Waals surface area contributed by atoms with Crippen molar-refractivity contribution in [3.63, 3.8) is 0 Å². The van der Waals surface area contributed by atoms with Gasteiger partial charge in [-0.3, -0.25) is 14.6 Å². The van der Waals surface area contributed by atoms with E-state index in [-0.39, 0.29) is 41.7 Å². The van der Waals surface area contributed by atoms with Gasteiger partial charge in [0.15, 0.2) is 28.8 Å². The molecule has 4 aliphatic rings. The minimum absolute atomic E-state index is 0.00112. The summed E-state index contributed by atoms with van der Waals surface area (Å²) in [6.45, 7) is 4.99. The van der Waals surface area contributed by atoms with Crippen molar-refractivity contribution in [1.29, 1.82) is 5.26 Å². The fourth-order valence-corrected chi connectivity index (χ4v) is 9.87. The monoisotopic (exact) mass is 768 g/mol. The number of fused-ring (bicyclic) bond motifs is 8. The van der Waals surface area contributed by atoms with Gasteiger partial charge in [-0.15, -0.1) is 0 Å². The van der Waals surface area contributed by atoms with Crippen molar-refractivity contribution in [3.8, 4) is 46.3 Å². The molecule has 0 radical (unpaired) electrons. The molecule has 0 aliphatic carbocycles. The van der Waals surface area contributed by atoms with Crippen molar-refractivity contribution in [3.05, 3.63) is 63.4 Å². The maximum atomic E-state index is 14.0. The molecule has 2 bridgehead atoms. The number of ether oxygens (including phenoxy) is 6. The van der Waals surface area contributed by atoms with Crippen LogP contribution in [0.5, 0.6) is 40.2 Å². The number of methoxy groups -OCH3 is 4. The molecule has 4 aliphatic heterocycles. The van der Waals surface area contributed by atoms with E-state index < -0.39 is 30.1 Å². The second-order valence-electron chi connectivity index (χ2n) is 15.0. The predicted molar refractivity (Wildman–Crippen MR) is 204 cm³/mol. The van der Waals surface area contributed by atoms with Crippen LogP contribution in [0, 0.1) is 25.2 Å². The number of nitriles is 1. The van der Waals surface area contributed by atoms with Gasteiger partial charge < -0.3 is 48.4 Å². The van der Waals surface area contributed by atoms with E-state index in [2.05, 4.69) is 21.2 Å². The van der Waals surface area contributed by atoms with E-state index in [9.17, 15) is 20.3 Å². The molecule has 296 valence electrons. The van der Waals surface area contributed by atoms with Crippen molar-refractivity contribution in [1.82, 2.24) is 15.1 Å². The number of benzene rings is 3. The van der Waals surface area contributed by atoms with Crippen molar-refractivity contribution in [2.75, 3.05) is 55.2 Å². The molecule has 14 heteroatoms. The summed E-state index contributed by atoms with van der Waals surface area (Å²) in [6.07, 6.45) is 2.41. The minimum atomic E-state index is -0.721. The Balaban J connectivity index is 1.21. The number of hydrogen-bond donors (Lipinski definition) is 3. The number of nitrogens with zero attached hydrogens (tertiary/aromatic N) is 3. The number of phenolic OH excluding ortho intramolecular Hbond substituents is 2. The van der Waals surface area contributed by atoms with E-state index in [1.165, 1.54) is 14.2 Å². The lowest BCUT2D eigenvalue weighted by Crippen LogP contribution is -2.68. The van der Waals surface area contributed by atoms with Crippen LogP contribution in [-0.4, -0.2) is 105 Å².